The Balaban J connectivity index is 1.20. The molecule has 38 nitrogen and oxygen atoms in total. The molecule has 1 saturated heterocycles. The molecule has 7 amide bonds. The minimum atomic E-state index is -1.55. The van der Waals surface area contributed by atoms with Crippen LogP contribution in [0.5, 0.6) is 0 Å². The van der Waals surface area contributed by atoms with Crippen molar-refractivity contribution < 1.29 is 107 Å². The molecule has 3 aromatic rings. The van der Waals surface area contributed by atoms with E-state index in [4.69, 9.17) is 49.0 Å². The van der Waals surface area contributed by atoms with Gasteiger partial charge in [0.05, 0.1) is 72.2 Å². The summed E-state index contributed by atoms with van der Waals surface area (Å²) in [6.07, 6.45) is 3.12. The number of benzene rings is 3. The molecule has 1 heterocycles. The lowest BCUT2D eigenvalue weighted by Gasteiger charge is -2.36. The molecule has 1 aliphatic rings. The highest BCUT2D eigenvalue weighted by molar-refractivity contribution is 7.80. The number of nitrogens with zero attached hydrogens (tertiary/aromatic N) is 5. The normalized spacial score (nSPS) is 15.0. The predicted octanol–water partition coefficient (Wildman–Crippen LogP) is 1.29. The van der Waals surface area contributed by atoms with Crippen molar-refractivity contribution in [2.75, 3.05) is 142 Å². The first kappa shape index (κ1) is 94.1. The van der Waals surface area contributed by atoms with Crippen LogP contribution in [0.4, 0.5) is 21.0 Å². The van der Waals surface area contributed by atoms with Crippen molar-refractivity contribution in [2.24, 2.45) is 15.9 Å². The first-order chi connectivity index (χ1) is 53.7. The smallest absolute Gasteiger partial charge is 0.326 e. The Morgan fingerprint density at radius 3 is 1.71 bits per heavy atom. The second kappa shape index (κ2) is 54.4. The number of thiocarbonyl (C=S) groups is 1. The molecule has 40 heteroatoms. The Morgan fingerprint density at radius 1 is 0.545 bits per heavy atom. The van der Waals surface area contributed by atoms with E-state index >= 15 is 0 Å². The van der Waals surface area contributed by atoms with Gasteiger partial charge in [0, 0.05) is 113 Å². The lowest BCUT2D eigenvalue weighted by Crippen LogP contribution is -2.52. The number of nitrogens with two attached hydrogens (primary N) is 1. The molecule has 19 N–H and O–H groups in total. The number of aliphatic carboxylic acids is 7. The molecule has 5 unspecified atom stereocenters. The van der Waals surface area contributed by atoms with Crippen LogP contribution in [0, 0.1) is 0 Å². The third-order valence-electron chi connectivity index (χ3n) is 17.0. The number of urea groups is 2. The van der Waals surface area contributed by atoms with E-state index in [0.717, 1.165) is 11.1 Å². The number of hydrogen-bond acceptors (Lipinski definition) is 23. The zero-order valence-electron chi connectivity index (χ0n) is 62.3. The molecule has 1 fully saturated rings. The zero-order valence-corrected chi connectivity index (χ0v) is 63.9. The summed E-state index contributed by atoms with van der Waals surface area (Å²) in [5, 5.41) is 98.8. The zero-order chi connectivity index (χ0) is 82.0. The lowest BCUT2D eigenvalue weighted by atomic mass is 10.0. The SMILES string of the molecule is NN=C(C=NCCOCCOCCOCCC(=O)NC(CCCCNC(=S)Nc1ccc(CC2CN(CC(=O)O)CCNCCN(CC(=O)O)CCN2CC(=O)O)cc1)C(=O)NC(CCCCNC(=O)Cc1ccc(Cl)cc1)C(=O)O)c1cccc(NC(=O)NCCCCC(NC(=O)NC(CCC(=O)O)C(=O)O)C(=O)O)c1. The average molecular weight is 1610 g/mol. The summed E-state index contributed by atoms with van der Waals surface area (Å²) >= 11 is 11.5. The monoisotopic (exact) mass is 1610 g/mol. The van der Waals surface area contributed by atoms with Gasteiger partial charge in [-0.2, -0.15) is 5.10 Å². The van der Waals surface area contributed by atoms with Gasteiger partial charge in [-0.3, -0.25) is 53.3 Å². The first-order valence-electron chi connectivity index (χ1n) is 36.6. The number of carboxylic acids is 7. The van der Waals surface area contributed by atoms with Crippen molar-refractivity contribution >= 4 is 124 Å². The van der Waals surface area contributed by atoms with Gasteiger partial charge in [0.15, 0.2) is 5.11 Å². The van der Waals surface area contributed by atoms with Crippen molar-refractivity contribution in [3.63, 3.8) is 0 Å². The summed E-state index contributed by atoms with van der Waals surface area (Å²) in [5.74, 6) is -4.34. The molecule has 618 valence electrons. The number of carbonyl (C=O) groups is 12. The Morgan fingerprint density at radius 2 is 1.10 bits per heavy atom. The molecular formula is C72H105ClN16O22S. The third kappa shape index (κ3) is 42.2. The van der Waals surface area contributed by atoms with Gasteiger partial charge in [0.2, 0.25) is 17.7 Å². The Kier molecular flexibility index (Phi) is 45.7. The number of anilines is 2. The predicted molar refractivity (Wildman–Crippen MR) is 416 cm³/mol. The molecule has 5 atom stereocenters. The molecule has 0 bridgehead atoms. The second-order valence-electron chi connectivity index (χ2n) is 25.9. The van der Waals surface area contributed by atoms with Crippen LogP contribution in [0.15, 0.2) is 82.9 Å². The molecule has 1 aliphatic heterocycles. The number of aliphatic imine (C=N–C) groups is 1. The fourth-order valence-corrected chi connectivity index (χ4v) is 11.6. The van der Waals surface area contributed by atoms with Gasteiger partial charge < -0.3 is 109 Å². The van der Waals surface area contributed by atoms with Gasteiger partial charge in [-0.05, 0) is 130 Å². The quantitative estimate of drug-likeness (QED) is 0.0124. The Hall–Kier alpha value is -10.3. The number of carboxylic acid groups (broad SMARTS) is 7. The van der Waals surface area contributed by atoms with Crippen LogP contribution in [-0.2, 0) is 75.0 Å². The molecule has 0 radical (unpaired) electrons. The molecule has 4 rings (SSSR count). The van der Waals surface area contributed by atoms with Gasteiger partial charge in [-0.1, -0.05) is 48.0 Å². The minimum absolute atomic E-state index is 0.0315. The largest absolute Gasteiger partial charge is 0.481 e. The summed E-state index contributed by atoms with van der Waals surface area (Å²) < 4.78 is 16.8. The number of unbranched alkanes of at least 4 members (excludes halogenated alkanes) is 3. The molecule has 0 spiro atoms. The minimum Gasteiger partial charge on any atom is -0.481 e. The third-order valence-corrected chi connectivity index (χ3v) is 17.5. The number of hydrazone groups is 1. The highest BCUT2D eigenvalue weighted by atomic mass is 35.5. The summed E-state index contributed by atoms with van der Waals surface area (Å²) in [6, 6.07) is 13.2. The van der Waals surface area contributed by atoms with Crippen LogP contribution in [0.3, 0.4) is 0 Å². The van der Waals surface area contributed by atoms with Gasteiger partial charge in [-0.15, -0.1) is 0 Å². The standard InChI is InChI=1S/C72H105ClN16O22S/c73-51-17-13-49(14-18-51)41-61(91)77-24-4-2-11-56(67(101)102)83-66(100)55(10-1-6-26-79-72(112)81-52-19-15-48(16-20-52)40-54-44-88(46-64(96)97)31-28-75-27-30-87(45-63(94)95)32-33-89(54)47-65(98)99)82-60(90)23-34-109-36-38-111-39-37-110-35-29-76-43-59(86-74)50-8-7-9-53(42-50)80-70(107)78-25-5-3-12-57(68(103)104)84-71(108)85-58(69(105)106)21-22-62(92)93/h7-9,13-20,42-43,54-58,75H,1-6,10-12,21-41,44-47,74H2,(H,77,91)(H,82,90)(H,83,100)(H,92,93)(H,94,95)(H,96,97)(H,98,99)(H,101,102)(H,103,104)(H,105,106)(H2,78,80,107)(H2,79,81,112)(H2,84,85,108). The van der Waals surface area contributed by atoms with Gasteiger partial charge in [0.25, 0.3) is 0 Å². The van der Waals surface area contributed by atoms with Crippen molar-refractivity contribution in [1.82, 2.24) is 57.2 Å². The van der Waals surface area contributed by atoms with Gasteiger partial charge in [0.1, 0.15) is 29.9 Å². The lowest BCUT2D eigenvalue weighted by molar-refractivity contribution is -0.142. The fourth-order valence-electron chi connectivity index (χ4n) is 11.3. The highest BCUT2D eigenvalue weighted by Crippen LogP contribution is 2.18. The maximum absolute atomic E-state index is 13.8. The van der Waals surface area contributed by atoms with Gasteiger partial charge >= 0.3 is 53.8 Å². The Labute approximate surface area is 658 Å². The van der Waals surface area contributed by atoms with E-state index in [2.05, 4.69) is 63.3 Å². The fraction of sp³-hybridized carbons (Fsp3) is 0.542. The highest BCUT2D eigenvalue weighted by Gasteiger charge is 2.30. The number of nitrogens with one attached hydrogen (secondary N) is 10. The van der Waals surface area contributed by atoms with E-state index in [9.17, 15) is 88.2 Å². The van der Waals surface area contributed by atoms with Crippen LogP contribution in [0.1, 0.15) is 93.7 Å². The van der Waals surface area contributed by atoms with E-state index in [1.54, 1.807) is 75.4 Å². The second-order valence-corrected chi connectivity index (χ2v) is 26.8. The summed E-state index contributed by atoms with van der Waals surface area (Å²) in [6.45, 7) is 3.39. The van der Waals surface area contributed by atoms with E-state index in [-0.39, 0.29) is 148 Å². The summed E-state index contributed by atoms with van der Waals surface area (Å²) in [7, 11) is 0. The number of carbonyl (C=O) groups excluding carboxylic acids is 5. The van der Waals surface area contributed by atoms with E-state index < -0.39 is 109 Å². The molecule has 112 heavy (non-hydrogen) atoms. The molecular weight excluding hydrogens is 1510 g/mol. The number of amides is 7. The number of rotatable bonds is 52. The number of ether oxygens (including phenoxy) is 3. The van der Waals surface area contributed by atoms with Gasteiger partial charge in [-0.25, -0.2) is 24.0 Å². The van der Waals surface area contributed by atoms with E-state index in [0.29, 0.717) is 98.9 Å². The van der Waals surface area contributed by atoms with Crippen LogP contribution in [-0.4, -0.2) is 301 Å². The van der Waals surface area contributed by atoms with Crippen LogP contribution < -0.4 is 59.0 Å². The average Bonchev–Trinajstić information content (AvgIpc) is 0.836. The van der Waals surface area contributed by atoms with Crippen molar-refractivity contribution in [2.45, 2.75) is 120 Å². The number of hydrogen-bond donors (Lipinski definition) is 18. The van der Waals surface area contributed by atoms with Crippen LogP contribution in [0.25, 0.3) is 0 Å². The number of halogens is 1. The van der Waals surface area contributed by atoms with Crippen molar-refractivity contribution in [3.8, 4) is 0 Å². The van der Waals surface area contributed by atoms with E-state index in [1.807, 2.05) is 12.1 Å². The molecule has 0 saturated carbocycles. The van der Waals surface area contributed by atoms with Crippen LogP contribution >= 0.6 is 23.8 Å². The topological polar surface area (TPSA) is 555 Å². The maximum atomic E-state index is 13.8. The summed E-state index contributed by atoms with van der Waals surface area (Å²) in [4.78, 5) is 156. The molecule has 0 aromatic heterocycles. The first-order valence-corrected chi connectivity index (χ1v) is 37.4. The van der Waals surface area contributed by atoms with Crippen molar-refractivity contribution in [1.29, 1.82) is 0 Å². The van der Waals surface area contributed by atoms with Crippen molar-refractivity contribution in [3.05, 3.63) is 94.5 Å². The summed E-state index contributed by atoms with van der Waals surface area (Å²) in [5.41, 5.74) is 3.43. The Bertz CT molecular complexity index is 3570. The van der Waals surface area contributed by atoms with E-state index in [1.165, 1.54) is 6.21 Å². The molecule has 0 aliphatic carbocycles. The maximum Gasteiger partial charge on any atom is 0.326 e. The van der Waals surface area contributed by atoms with Crippen LogP contribution in [0.2, 0.25) is 5.02 Å². The molecule has 3 aromatic carbocycles.